The van der Waals surface area contributed by atoms with Gasteiger partial charge < -0.3 is 9.84 Å². The van der Waals surface area contributed by atoms with Gasteiger partial charge in [0.05, 0.1) is 12.5 Å². The number of carboxylic acids is 1. The Morgan fingerprint density at radius 2 is 2.36 bits per heavy atom. The average molecular weight is 257 g/mol. The second-order valence-corrected chi connectivity index (χ2v) is 4.13. The summed E-state index contributed by atoms with van der Waals surface area (Å²) in [7, 11) is 0. The van der Waals surface area contributed by atoms with Crippen molar-refractivity contribution in [2.75, 3.05) is 6.61 Å². The lowest BCUT2D eigenvalue weighted by atomic mass is 9.93. The van der Waals surface area contributed by atoms with E-state index in [1.807, 2.05) is 12.1 Å². The van der Waals surface area contributed by atoms with Gasteiger partial charge in [-0.25, -0.2) is 0 Å². The van der Waals surface area contributed by atoms with E-state index >= 15 is 0 Å². The lowest BCUT2D eigenvalue weighted by Gasteiger charge is -2.22. The predicted molar refractivity (Wildman–Crippen MR) is 54.6 cm³/mol. The smallest absolute Gasteiger partial charge is 0.311 e. The van der Waals surface area contributed by atoms with E-state index < -0.39 is 11.9 Å². The number of carboxylic acid groups (broad SMARTS) is 1. The topological polar surface area (TPSA) is 46.5 Å². The van der Waals surface area contributed by atoms with E-state index in [-0.39, 0.29) is 0 Å². The maximum absolute atomic E-state index is 10.9. The van der Waals surface area contributed by atoms with Gasteiger partial charge in [-0.15, -0.1) is 0 Å². The molecule has 1 aromatic rings. The summed E-state index contributed by atoms with van der Waals surface area (Å²) in [6, 6.07) is 5.45. The molecule has 0 bridgehead atoms. The van der Waals surface area contributed by atoms with Crippen LogP contribution in [-0.2, 0) is 4.79 Å². The van der Waals surface area contributed by atoms with Crippen molar-refractivity contribution in [3.63, 3.8) is 0 Å². The lowest BCUT2D eigenvalue weighted by molar-refractivity contribution is -0.139. The van der Waals surface area contributed by atoms with Gasteiger partial charge >= 0.3 is 5.97 Å². The Kier molecular flexibility index (Phi) is 2.46. The Morgan fingerprint density at radius 1 is 1.57 bits per heavy atom. The normalized spacial score (nSPS) is 19.6. The molecule has 0 fully saturated rings. The van der Waals surface area contributed by atoms with Gasteiger partial charge in [-0.05, 0) is 18.6 Å². The predicted octanol–water partition coefficient (Wildman–Crippen LogP) is 2.40. The summed E-state index contributed by atoms with van der Waals surface area (Å²) in [5.41, 5.74) is 0.770. The first kappa shape index (κ1) is 9.52. The third-order valence-corrected chi connectivity index (χ3v) is 2.81. The fraction of sp³-hybridized carbons (Fsp3) is 0.300. The highest BCUT2D eigenvalue weighted by Gasteiger charge is 2.27. The molecule has 4 heteroatoms. The zero-order valence-electron chi connectivity index (χ0n) is 7.37. The summed E-state index contributed by atoms with van der Waals surface area (Å²) in [6.07, 6.45) is 0.546. The standard InChI is InChI=1S/C10H9BrO3/c11-6-1-2-7-8(10(12)13)3-4-14-9(7)5-6/h1-2,5,8H,3-4H2,(H,12,13). The zero-order chi connectivity index (χ0) is 10.1. The van der Waals surface area contributed by atoms with E-state index in [0.717, 1.165) is 10.0 Å². The van der Waals surface area contributed by atoms with E-state index in [2.05, 4.69) is 15.9 Å². The first-order valence-electron chi connectivity index (χ1n) is 4.33. The fourth-order valence-electron chi connectivity index (χ4n) is 1.62. The van der Waals surface area contributed by atoms with E-state index in [9.17, 15) is 4.79 Å². The molecule has 1 aliphatic rings. The largest absolute Gasteiger partial charge is 0.493 e. The van der Waals surface area contributed by atoms with Crippen LogP contribution in [0.5, 0.6) is 5.75 Å². The monoisotopic (exact) mass is 256 g/mol. The molecule has 1 aromatic carbocycles. The molecule has 1 N–H and O–H groups in total. The van der Waals surface area contributed by atoms with Crippen molar-refractivity contribution in [2.24, 2.45) is 0 Å². The molecule has 74 valence electrons. The molecule has 14 heavy (non-hydrogen) atoms. The molecular weight excluding hydrogens is 248 g/mol. The van der Waals surface area contributed by atoms with Crippen LogP contribution in [0.2, 0.25) is 0 Å². The number of hydrogen-bond donors (Lipinski definition) is 1. The number of hydrogen-bond acceptors (Lipinski definition) is 2. The van der Waals surface area contributed by atoms with Gasteiger partial charge in [0, 0.05) is 10.0 Å². The van der Waals surface area contributed by atoms with Gasteiger partial charge in [-0.2, -0.15) is 0 Å². The van der Waals surface area contributed by atoms with Crippen LogP contribution in [0.3, 0.4) is 0 Å². The second-order valence-electron chi connectivity index (χ2n) is 3.21. The van der Waals surface area contributed by atoms with E-state index in [1.54, 1.807) is 6.07 Å². The van der Waals surface area contributed by atoms with Gasteiger partial charge in [0.1, 0.15) is 5.75 Å². The number of benzene rings is 1. The highest BCUT2D eigenvalue weighted by molar-refractivity contribution is 9.10. The molecular formula is C10H9BrO3. The molecule has 0 aliphatic carbocycles. The molecule has 3 nitrogen and oxygen atoms in total. The third kappa shape index (κ3) is 1.62. The Morgan fingerprint density at radius 3 is 3.07 bits per heavy atom. The van der Waals surface area contributed by atoms with Crippen molar-refractivity contribution < 1.29 is 14.6 Å². The van der Waals surface area contributed by atoms with Crippen molar-refractivity contribution in [1.82, 2.24) is 0 Å². The molecule has 1 unspecified atom stereocenters. The number of aliphatic carboxylic acids is 1. The SMILES string of the molecule is O=C(O)C1CCOc2cc(Br)ccc21. The molecule has 1 atom stereocenters. The summed E-state index contributed by atoms with van der Waals surface area (Å²) in [6.45, 7) is 0.473. The first-order valence-corrected chi connectivity index (χ1v) is 5.13. The molecule has 0 radical (unpaired) electrons. The van der Waals surface area contributed by atoms with E-state index in [4.69, 9.17) is 9.84 Å². The summed E-state index contributed by atoms with van der Waals surface area (Å²) in [5, 5.41) is 8.99. The quantitative estimate of drug-likeness (QED) is 0.840. The molecule has 0 amide bonds. The number of carbonyl (C=O) groups is 1. The Balaban J connectivity index is 2.44. The summed E-state index contributed by atoms with van der Waals surface area (Å²) in [4.78, 5) is 10.9. The zero-order valence-corrected chi connectivity index (χ0v) is 8.95. The summed E-state index contributed by atoms with van der Waals surface area (Å²) >= 11 is 3.32. The minimum atomic E-state index is -0.781. The summed E-state index contributed by atoms with van der Waals surface area (Å²) < 4.78 is 6.30. The first-order chi connectivity index (χ1) is 6.68. The Bertz CT molecular complexity index is 376. The van der Waals surface area contributed by atoms with Gasteiger partial charge in [0.2, 0.25) is 0 Å². The minimum Gasteiger partial charge on any atom is -0.493 e. The molecule has 0 spiro atoms. The fourth-order valence-corrected chi connectivity index (χ4v) is 1.96. The Hall–Kier alpha value is -1.03. The second kappa shape index (κ2) is 3.61. The lowest BCUT2D eigenvalue weighted by Crippen LogP contribution is -2.20. The number of halogens is 1. The minimum absolute atomic E-state index is 0.424. The van der Waals surface area contributed by atoms with Crippen LogP contribution >= 0.6 is 15.9 Å². The number of fused-ring (bicyclic) bond motifs is 1. The highest BCUT2D eigenvalue weighted by atomic mass is 79.9. The van der Waals surface area contributed by atoms with Crippen LogP contribution in [0.1, 0.15) is 17.9 Å². The summed E-state index contributed by atoms with van der Waals surface area (Å²) in [5.74, 6) is -0.526. The third-order valence-electron chi connectivity index (χ3n) is 2.31. The molecule has 0 saturated heterocycles. The average Bonchev–Trinajstić information content (AvgIpc) is 2.16. The van der Waals surface area contributed by atoms with Crippen LogP contribution in [0.25, 0.3) is 0 Å². The Labute approximate surface area is 89.8 Å². The van der Waals surface area contributed by atoms with Crippen LogP contribution in [0, 0.1) is 0 Å². The molecule has 1 heterocycles. The van der Waals surface area contributed by atoms with Crippen LogP contribution in [-0.4, -0.2) is 17.7 Å². The maximum Gasteiger partial charge on any atom is 0.311 e. The van der Waals surface area contributed by atoms with Crippen LogP contribution in [0.4, 0.5) is 0 Å². The van der Waals surface area contributed by atoms with Crippen molar-refractivity contribution in [1.29, 1.82) is 0 Å². The van der Waals surface area contributed by atoms with Gasteiger partial charge in [0.15, 0.2) is 0 Å². The van der Waals surface area contributed by atoms with Gasteiger partial charge in [0.25, 0.3) is 0 Å². The van der Waals surface area contributed by atoms with Crippen molar-refractivity contribution in [3.05, 3.63) is 28.2 Å². The van der Waals surface area contributed by atoms with Gasteiger partial charge in [-0.3, -0.25) is 4.79 Å². The van der Waals surface area contributed by atoms with E-state index in [0.29, 0.717) is 18.8 Å². The van der Waals surface area contributed by atoms with Gasteiger partial charge in [-0.1, -0.05) is 22.0 Å². The van der Waals surface area contributed by atoms with E-state index in [1.165, 1.54) is 0 Å². The highest BCUT2D eigenvalue weighted by Crippen LogP contribution is 2.35. The number of ether oxygens (including phenoxy) is 1. The number of rotatable bonds is 1. The van der Waals surface area contributed by atoms with Crippen LogP contribution < -0.4 is 4.74 Å². The van der Waals surface area contributed by atoms with Crippen molar-refractivity contribution >= 4 is 21.9 Å². The molecule has 0 saturated carbocycles. The van der Waals surface area contributed by atoms with Crippen molar-refractivity contribution in [2.45, 2.75) is 12.3 Å². The molecule has 2 rings (SSSR count). The maximum atomic E-state index is 10.9. The van der Waals surface area contributed by atoms with Crippen molar-refractivity contribution in [3.8, 4) is 5.75 Å². The molecule has 0 aromatic heterocycles. The van der Waals surface area contributed by atoms with Crippen LogP contribution in [0.15, 0.2) is 22.7 Å². The molecule has 1 aliphatic heterocycles.